The third kappa shape index (κ3) is 3.64. The molecule has 0 saturated carbocycles. The zero-order chi connectivity index (χ0) is 15.4. The van der Waals surface area contributed by atoms with Crippen LogP contribution in [0.15, 0.2) is 24.4 Å². The Morgan fingerprint density at radius 3 is 3.14 bits per heavy atom. The van der Waals surface area contributed by atoms with Gasteiger partial charge in [0, 0.05) is 36.8 Å². The molecule has 3 unspecified atom stereocenters. The Morgan fingerprint density at radius 1 is 1.50 bits per heavy atom. The van der Waals surface area contributed by atoms with Crippen molar-refractivity contribution in [2.24, 2.45) is 5.73 Å². The number of aliphatic hydroxyl groups excluding tert-OH is 1. The van der Waals surface area contributed by atoms with Crippen LogP contribution in [0, 0.1) is 0 Å². The van der Waals surface area contributed by atoms with E-state index >= 15 is 0 Å². The number of aromatic amines is 1. The molecule has 22 heavy (non-hydrogen) atoms. The molecule has 3 atom stereocenters. The van der Waals surface area contributed by atoms with Crippen molar-refractivity contribution in [3.05, 3.63) is 30.1 Å². The fourth-order valence-electron chi connectivity index (χ4n) is 2.77. The van der Waals surface area contributed by atoms with Gasteiger partial charge in [0.15, 0.2) is 6.29 Å². The van der Waals surface area contributed by atoms with Gasteiger partial charge < -0.3 is 25.3 Å². The van der Waals surface area contributed by atoms with Gasteiger partial charge in [-0.05, 0) is 37.5 Å². The third-order valence-corrected chi connectivity index (χ3v) is 4.00. The number of pyridine rings is 1. The lowest BCUT2D eigenvalue weighted by Crippen LogP contribution is -2.33. The number of rotatable bonds is 6. The summed E-state index contributed by atoms with van der Waals surface area (Å²) in [6, 6.07) is 5.75. The lowest BCUT2D eigenvalue weighted by molar-refractivity contribution is -0.190. The molecule has 3 heterocycles. The molecular weight excluding hydrogens is 282 g/mol. The maximum Gasteiger partial charge on any atom is 0.158 e. The molecule has 1 aliphatic rings. The highest BCUT2D eigenvalue weighted by Crippen LogP contribution is 2.24. The van der Waals surface area contributed by atoms with Crippen LogP contribution in [0.3, 0.4) is 0 Å². The lowest BCUT2D eigenvalue weighted by Gasteiger charge is -2.28. The summed E-state index contributed by atoms with van der Waals surface area (Å²) in [6.45, 7) is 1.09. The summed E-state index contributed by atoms with van der Waals surface area (Å²) in [6.07, 6.45) is 4.16. The molecule has 2 aromatic heterocycles. The SMILES string of the molecule is NCC(CC(O)c1cc2cccnc2[nH]1)OC1CCCCO1. The van der Waals surface area contributed by atoms with Crippen molar-refractivity contribution < 1.29 is 14.6 Å². The Morgan fingerprint density at radius 2 is 2.41 bits per heavy atom. The van der Waals surface area contributed by atoms with Crippen molar-refractivity contribution in [3.63, 3.8) is 0 Å². The molecule has 0 aliphatic carbocycles. The largest absolute Gasteiger partial charge is 0.387 e. The number of nitrogens with zero attached hydrogens (tertiary/aromatic N) is 1. The molecule has 0 bridgehead atoms. The Balaban J connectivity index is 1.61. The molecule has 6 nitrogen and oxygen atoms in total. The molecular formula is C16H23N3O3. The molecule has 0 radical (unpaired) electrons. The van der Waals surface area contributed by atoms with E-state index in [0.717, 1.165) is 42.6 Å². The van der Waals surface area contributed by atoms with E-state index in [1.807, 2.05) is 18.2 Å². The summed E-state index contributed by atoms with van der Waals surface area (Å²) in [7, 11) is 0. The molecule has 6 heteroatoms. The molecule has 1 saturated heterocycles. The van der Waals surface area contributed by atoms with E-state index in [1.54, 1.807) is 6.20 Å². The number of aromatic nitrogens is 2. The molecule has 0 aromatic carbocycles. The van der Waals surface area contributed by atoms with Gasteiger partial charge in [0.2, 0.25) is 0 Å². The van der Waals surface area contributed by atoms with Crippen molar-refractivity contribution in [2.75, 3.05) is 13.2 Å². The van der Waals surface area contributed by atoms with Gasteiger partial charge in [0.1, 0.15) is 5.65 Å². The minimum absolute atomic E-state index is 0.195. The summed E-state index contributed by atoms with van der Waals surface area (Å²) >= 11 is 0. The first-order valence-electron chi connectivity index (χ1n) is 7.85. The van der Waals surface area contributed by atoms with Crippen LogP contribution in [0.5, 0.6) is 0 Å². The van der Waals surface area contributed by atoms with E-state index in [2.05, 4.69) is 9.97 Å². The molecule has 4 N–H and O–H groups in total. The molecule has 0 spiro atoms. The van der Waals surface area contributed by atoms with Crippen LogP contribution in [0.2, 0.25) is 0 Å². The zero-order valence-corrected chi connectivity index (χ0v) is 12.6. The molecule has 2 aromatic rings. The maximum atomic E-state index is 10.4. The van der Waals surface area contributed by atoms with Gasteiger partial charge in [0.25, 0.3) is 0 Å². The van der Waals surface area contributed by atoms with Gasteiger partial charge in [-0.15, -0.1) is 0 Å². The highest BCUT2D eigenvalue weighted by Gasteiger charge is 2.22. The first kappa shape index (κ1) is 15.4. The summed E-state index contributed by atoms with van der Waals surface area (Å²) in [5, 5.41) is 11.4. The van der Waals surface area contributed by atoms with Gasteiger partial charge in [0.05, 0.1) is 12.2 Å². The van der Waals surface area contributed by atoms with Crippen LogP contribution >= 0.6 is 0 Å². The van der Waals surface area contributed by atoms with Gasteiger partial charge in [-0.1, -0.05) is 0 Å². The van der Waals surface area contributed by atoms with Crippen molar-refractivity contribution in [1.82, 2.24) is 9.97 Å². The topological polar surface area (TPSA) is 93.4 Å². The first-order valence-corrected chi connectivity index (χ1v) is 7.85. The second-order valence-corrected chi connectivity index (χ2v) is 5.71. The van der Waals surface area contributed by atoms with E-state index in [1.165, 1.54) is 0 Å². The number of ether oxygens (including phenoxy) is 2. The highest BCUT2D eigenvalue weighted by molar-refractivity contribution is 5.76. The summed E-state index contributed by atoms with van der Waals surface area (Å²) in [5.41, 5.74) is 7.29. The summed E-state index contributed by atoms with van der Waals surface area (Å²) in [4.78, 5) is 7.37. The van der Waals surface area contributed by atoms with Gasteiger partial charge in [-0.25, -0.2) is 4.98 Å². The number of nitrogens with two attached hydrogens (primary N) is 1. The Hall–Kier alpha value is -1.47. The van der Waals surface area contributed by atoms with Crippen LogP contribution in [0.25, 0.3) is 11.0 Å². The highest BCUT2D eigenvalue weighted by atomic mass is 16.7. The molecule has 1 aliphatic heterocycles. The van der Waals surface area contributed by atoms with E-state index in [-0.39, 0.29) is 12.4 Å². The van der Waals surface area contributed by atoms with Crippen LogP contribution in [0.4, 0.5) is 0 Å². The van der Waals surface area contributed by atoms with Crippen LogP contribution < -0.4 is 5.73 Å². The lowest BCUT2D eigenvalue weighted by atomic mass is 10.1. The van der Waals surface area contributed by atoms with E-state index in [0.29, 0.717) is 13.0 Å². The monoisotopic (exact) mass is 305 g/mol. The third-order valence-electron chi connectivity index (χ3n) is 4.00. The van der Waals surface area contributed by atoms with Gasteiger partial charge >= 0.3 is 0 Å². The predicted molar refractivity (Wildman–Crippen MR) is 83.2 cm³/mol. The fraction of sp³-hybridized carbons (Fsp3) is 0.562. The van der Waals surface area contributed by atoms with Crippen molar-refractivity contribution in [3.8, 4) is 0 Å². The number of aliphatic hydroxyl groups is 1. The van der Waals surface area contributed by atoms with Crippen LogP contribution in [-0.2, 0) is 9.47 Å². The van der Waals surface area contributed by atoms with Crippen molar-refractivity contribution in [1.29, 1.82) is 0 Å². The normalized spacial score (nSPS) is 21.8. The summed E-state index contributed by atoms with van der Waals surface area (Å²) < 4.78 is 11.4. The van der Waals surface area contributed by atoms with Crippen molar-refractivity contribution in [2.45, 2.75) is 44.2 Å². The molecule has 0 amide bonds. The number of H-pyrrole nitrogens is 1. The van der Waals surface area contributed by atoms with Gasteiger partial charge in [-0.3, -0.25) is 0 Å². The quantitative estimate of drug-likeness (QED) is 0.757. The number of hydrogen-bond donors (Lipinski definition) is 3. The van der Waals surface area contributed by atoms with E-state index in [9.17, 15) is 5.11 Å². The maximum absolute atomic E-state index is 10.4. The number of nitrogens with one attached hydrogen (secondary N) is 1. The first-order chi connectivity index (χ1) is 10.8. The van der Waals surface area contributed by atoms with Crippen LogP contribution in [-0.4, -0.2) is 40.6 Å². The molecule has 1 fully saturated rings. The number of hydrogen-bond acceptors (Lipinski definition) is 5. The second kappa shape index (κ2) is 7.19. The van der Waals surface area contributed by atoms with Gasteiger partial charge in [-0.2, -0.15) is 0 Å². The zero-order valence-electron chi connectivity index (χ0n) is 12.6. The van der Waals surface area contributed by atoms with E-state index in [4.69, 9.17) is 15.2 Å². The Kier molecular flexibility index (Phi) is 5.04. The smallest absolute Gasteiger partial charge is 0.158 e. The van der Waals surface area contributed by atoms with E-state index < -0.39 is 6.10 Å². The number of fused-ring (bicyclic) bond motifs is 1. The van der Waals surface area contributed by atoms with Crippen molar-refractivity contribution >= 4 is 11.0 Å². The fourth-order valence-corrected chi connectivity index (χ4v) is 2.77. The minimum atomic E-state index is -0.661. The van der Waals surface area contributed by atoms with Crippen LogP contribution in [0.1, 0.15) is 37.5 Å². The molecule has 120 valence electrons. The standard InChI is InChI=1S/C16H23N3O3/c17-10-12(22-15-5-1-2-7-21-15)9-14(20)13-8-11-4-3-6-18-16(11)19-13/h3-4,6,8,12,14-15,20H,1-2,5,7,9-10,17H2,(H,18,19). The minimum Gasteiger partial charge on any atom is -0.387 e. The Labute approximate surface area is 129 Å². The second-order valence-electron chi connectivity index (χ2n) is 5.71. The predicted octanol–water partition coefficient (Wildman–Crippen LogP) is 1.86. The average Bonchev–Trinajstić information content (AvgIpc) is 2.99. The molecule has 3 rings (SSSR count). The average molecular weight is 305 g/mol. The Bertz CT molecular complexity index is 562. The summed E-state index contributed by atoms with van der Waals surface area (Å²) in [5.74, 6) is 0.